The van der Waals surface area contributed by atoms with Crippen molar-refractivity contribution in [2.24, 2.45) is 0 Å². The highest BCUT2D eigenvalue weighted by molar-refractivity contribution is 6.07. The van der Waals surface area contributed by atoms with Crippen molar-refractivity contribution < 1.29 is 9.53 Å². The lowest BCUT2D eigenvalue weighted by Crippen LogP contribution is -2.45. The van der Waals surface area contributed by atoms with Gasteiger partial charge in [-0.05, 0) is 81.2 Å². The Morgan fingerprint density at radius 3 is 2.45 bits per heavy atom. The Balaban J connectivity index is 1.37. The first-order valence-corrected chi connectivity index (χ1v) is 11.8. The summed E-state index contributed by atoms with van der Waals surface area (Å²) in [4.78, 5) is 18.1. The molecular formula is C29H32N2O2. The van der Waals surface area contributed by atoms with Crippen LogP contribution < -0.4 is 9.64 Å². The van der Waals surface area contributed by atoms with Crippen LogP contribution in [0.1, 0.15) is 45.5 Å². The standard InChI is InChI=1S/C29H32N2O2/c1-21-6-4-8-24(16-21)28(32)31-20-29(26-17-22(2)10-11-27(26)31)12-14-30(15-13-29)19-23-7-5-9-25(18-23)33-3/h4-11,16-18H,12-15,19-20H2,1-3H3. The molecule has 1 amide bonds. The van der Waals surface area contributed by atoms with Crippen LogP contribution in [-0.2, 0) is 12.0 Å². The minimum absolute atomic E-state index is 0.0334. The molecule has 1 fully saturated rings. The predicted octanol–water partition coefficient (Wildman–Crippen LogP) is 5.51. The maximum Gasteiger partial charge on any atom is 0.258 e. The Kier molecular flexibility index (Phi) is 5.71. The lowest BCUT2D eigenvalue weighted by molar-refractivity contribution is 0.0975. The van der Waals surface area contributed by atoms with E-state index in [2.05, 4.69) is 48.2 Å². The van der Waals surface area contributed by atoms with Gasteiger partial charge in [-0.15, -0.1) is 0 Å². The fraction of sp³-hybridized carbons (Fsp3) is 0.345. The molecule has 4 heteroatoms. The van der Waals surface area contributed by atoms with Gasteiger partial charge in [-0.2, -0.15) is 0 Å². The average Bonchev–Trinajstić information content (AvgIpc) is 3.13. The van der Waals surface area contributed by atoms with E-state index in [0.717, 1.165) is 61.6 Å². The number of ether oxygens (including phenoxy) is 1. The zero-order valence-corrected chi connectivity index (χ0v) is 19.8. The summed E-state index contributed by atoms with van der Waals surface area (Å²) in [7, 11) is 1.72. The van der Waals surface area contributed by atoms with Gasteiger partial charge in [0.05, 0.1) is 7.11 Å². The van der Waals surface area contributed by atoms with E-state index < -0.39 is 0 Å². The number of aryl methyl sites for hydroxylation is 2. The van der Waals surface area contributed by atoms with Gasteiger partial charge in [0, 0.05) is 29.8 Å². The highest BCUT2D eigenvalue weighted by Gasteiger charge is 2.46. The number of methoxy groups -OCH3 is 1. The number of hydrogen-bond acceptors (Lipinski definition) is 3. The van der Waals surface area contributed by atoms with Crippen LogP contribution in [0.2, 0.25) is 0 Å². The average molecular weight is 441 g/mol. The molecule has 3 aromatic rings. The van der Waals surface area contributed by atoms with Crippen molar-refractivity contribution in [2.75, 3.05) is 31.6 Å². The van der Waals surface area contributed by atoms with Gasteiger partial charge in [-0.3, -0.25) is 9.69 Å². The fourth-order valence-electron chi connectivity index (χ4n) is 5.49. The van der Waals surface area contributed by atoms with E-state index in [0.29, 0.717) is 0 Å². The molecule has 5 rings (SSSR count). The molecule has 0 N–H and O–H groups in total. The molecule has 0 aromatic heterocycles. The molecule has 0 atom stereocenters. The number of carbonyl (C=O) groups excluding carboxylic acids is 1. The molecule has 2 aliphatic heterocycles. The van der Waals surface area contributed by atoms with Gasteiger partial charge >= 0.3 is 0 Å². The minimum atomic E-state index is 0.0334. The van der Waals surface area contributed by atoms with Crippen LogP contribution >= 0.6 is 0 Å². The van der Waals surface area contributed by atoms with Gasteiger partial charge in [0.2, 0.25) is 0 Å². The lowest BCUT2D eigenvalue weighted by Gasteiger charge is -2.40. The maximum atomic E-state index is 13.5. The third-order valence-corrected chi connectivity index (χ3v) is 7.34. The van der Waals surface area contributed by atoms with Gasteiger partial charge in [0.25, 0.3) is 5.91 Å². The van der Waals surface area contributed by atoms with Gasteiger partial charge in [0.15, 0.2) is 0 Å². The van der Waals surface area contributed by atoms with Crippen molar-refractivity contribution >= 4 is 11.6 Å². The predicted molar refractivity (Wildman–Crippen MR) is 133 cm³/mol. The Hall–Kier alpha value is -3.11. The molecule has 0 aliphatic carbocycles. The number of rotatable bonds is 4. The maximum absolute atomic E-state index is 13.5. The largest absolute Gasteiger partial charge is 0.497 e. The number of likely N-dealkylation sites (tertiary alicyclic amines) is 1. The van der Waals surface area contributed by atoms with Crippen LogP contribution in [0.25, 0.3) is 0 Å². The summed E-state index contributed by atoms with van der Waals surface area (Å²) >= 11 is 0. The van der Waals surface area contributed by atoms with E-state index in [-0.39, 0.29) is 11.3 Å². The molecule has 33 heavy (non-hydrogen) atoms. The molecule has 0 unspecified atom stereocenters. The van der Waals surface area contributed by atoms with Crippen molar-refractivity contribution in [3.8, 4) is 5.75 Å². The Bertz CT molecular complexity index is 1180. The van der Waals surface area contributed by atoms with Crippen LogP contribution in [-0.4, -0.2) is 37.6 Å². The van der Waals surface area contributed by atoms with Gasteiger partial charge in [-0.1, -0.05) is 47.5 Å². The number of hydrogen-bond donors (Lipinski definition) is 0. The zero-order chi connectivity index (χ0) is 23.0. The second-order valence-corrected chi connectivity index (χ2v) is 9.69. The van der Waals surface area contributed by atoms with Gasteiger partial charge in [-0.25, -0.2) is 0 Å². The smallest absolute Gasteiger partial charge is 0.258 e. The van der Waals surface area contributed by atoms with Crippen LogP contribution in [0.4, 0.5) is 5.69 Å². The molecule has 170 valence electrons. The monoisotopic (exact) mass is 440 g/mol. The van der Waals surface area contributed by atoms with Gasteiger partial charge < -0.3 is 9.64 Å². The first-order chi connectivity index (χ1) is 16.0. The molecule has 0 bridgehead atoms. The number of nitrogens with zero attached hydrogens (tertiary/aromatic N) is 2. The van der Waals surface area contributed by atoms with Crippen LogP contribution in [0, 0.1) is 13.8 Å². The molecular weight excluding hydrogens is 408 g/mol. The number of carbonyl (C=O) groups is 1. The van der Waals surface area contributed by atoms with Crippen molar-refractivity contribution in [2.45, 2.75) is 38.6 Å². The van der Waals surface area contributed by atoms with Crippen molar-refractivity contribution in [1.29, 1.82) is 0 Å². The van der Waals surface area contributed by atoms with E-state index in [1.165, 1.54) is 16.7 Å². The number of benzene rings is 3. The first kappa shape index (κ1) is 21.7. The molecule has 1 saturated heterocycles. The second kappa shape index (κ2) is 8.68. The molecule has 2 heterocycles. The summed E-state index contributed by atoms with van der Waals surface area (Å²) in [5.41, 5.74) is 6.91. The summed E-state index contributed by atoms with van der Waals surface area (Å²) in [6.07, 6.45) is 2.12. The second-order valence-electron chi connectivity index (χ2n) is 9.69. The lowest BCUT2D eigenvalue weighted by atomic mass is 9.74. The Morgan fingerprint density at radius 2 is 1.70 bits per heavy atom. The zero-order valence-electron chi connectivity index (χ0n) is 19.8. The Morgan fingerprint density at radius 1 is 0.939 bits per heavy atom. The third kappa shape index (κ3) is 4.16. The normalized spacial score (nSPS) is 17.2. The number of piperidine rings is 1. The van der Waals surface area contributed by atoms with Gasteiger partial charge in [0.1, 0.15) is 5.75 Å². The van der Waals surface area contributed by atoms with Crippen LogP contribution in [0.5, 0.6) is 5.75 Å². The summed E-state index contributed by atoms with van der Waals surface area (Å²) < 4.78 is 5.39. The highest BCUT2D eigenvalue weighted by atomic mass is 16.5. The molecule has 4 nitrogen and oxygen atoms in total. The molecule has 1 spiro atoms. The number of fused-ring (bicyclic) bond motifs is 2. The molecule has 0 saturated carbocycles. The van der Waals surface area contributed by atoms with Crippen LogP contribution in [0.15, 0.2) is 66.7 Å². The van der Waals surface area contributed by atoms with E-state index in [1.807, 2.05) is 42.2 Å². The molecule has 0 radical (unpaired) electrons. The van der Waals surface area contributed by atoms with Crippen molar-refractivity contribution in [1.82, 2.24) is 4.90 Å². The summed E-state index contributed by atoms with van der Waals surface area (Å²) in [5, 5.41) is 0. The van der Waals surface area contributed by atoms with Crippen LogP contribution in [0.3, 0.4) is 0 Å². The van der Waals surface area contributed by atoms with Crippen molar-refractivity contribution in [3.63, 3.8) is 0 Å². The highest BCUT2D eigenvalue weighted by Crippen LogP contribution is 2.48. The van der Waals surface area contributed by atoms with E-state index in [1.54, 1.807) is 7.11 Å². The minimum Gasteiger partial charge on any atom is -0.497 e. The summed E-state index contributed by atoms with van der Waals surface area (Å²) in [6, 6.07) is 22.9. The molecule has 2 aliphatic rings. The summed E-state index contributed by atoms with van der Waals surface area (Å²) in [5.74, 6) is 1.02. The quantitative estimate of drug-likeness (QED) is 0.537. The fourth-order valence-corrected chi connectivity index (χ4v) is 5.49. The topological polar surface area (TPSA) is 32.8 Å². The van der Waals surface area contributed by atoms with Crippen molar-refractivity contribution in [3.05, 3.63) is 94.5 Å². The number of anilines is 1. The molecule has 3 aromatic carbocycles. The van der Waals surface area contributed by atoms with E-state index in [9.17, 15) is 4.79 Å². The SMILES string of the molecule is COc1cccc(CN2CCC3(CC2)CN(C(=O)c2cccc(C)c2)c2ccc(C)cc23)c1. The summed E-state index contributed by atoms with van der Waals surface area (Å²) in [6.45, 7) is 7.94. The number of amides is 1. The van der Waals surface area contributed by atoms with E-state index >= 15 is 0 Å². The third-order valence-electron chi connectivity index (χ3n) is 7.34. The first-order valence-electron chi connectivity index (χ1n) is 11.8. The van der Waals surface area contributed by atoms with E-state index in [4.69, 9.17) is 4.74 Å². The Labute approximate surface area is 196 Å².